The van der Waals surface area contributed by atoms with E-state index in [9.17, 15) is 8.78 Å². The van der Waals surface area contributed by atoms with Gasteiger partial charge in [-0.25, -0.2) is 4.39 Å². The second kappa shape index (κ2) is 11.3. The van der Waals surface area contributed by atoms with E-state index >= 15 is 0 Å². The summed E-state index contributed by atoms with van der Waals surface area (Å²) in [5.41, 5.74) is 1.06. The van der Waals surface area contributed by atoms with Crippen LogP contribution in [0.2, 0.25) is 0 Å². The van der Waals surface area contributed by atoms with Crippen LogP contribution in [0, 0.1) is 17.6 Å². The van der Waals surface area contributed by atoms with Crippen LogP contribution in [0.15, 0.2) is 42.7 Å². The average Bonchev–Trinajstić information content (AvgIpc) is 2.78. The molecule has 2 aliphatic rings. The third-order valence-electron chi connectivity index (χ3n) is 5.63. The lowest BCUT2D eigenvalue weighted by Crippen LogP contribution is -2.28. The fourth-order valence-electron chi connectivity index (χ4n) is 3.81. The quantitative estimate of drug-likeness (QED) is 0.401. The highest BCUT2D eigenvalue weighted by molar-refractivity contribution is 5.69. The number of ether oxygens (including phenoxy) is 3. The van der Waals surface area contributed by atoms with Gasteiger partial charge in [-0.15, -0.1) is 6.58 Å². The van der Waals surface area contributed by atoms with Gasteiger partial charge in [0.1, 0.15) is 0 Å². The Morgan fingerprint density at radius 1 is 1.13 bits per heavy atom. The van der Waals surface area contributed by atoms with Crippen LogP contribution in [0.3, 0.4) is 0 Å². The molecule has 0 aromatic heterocycles. The van der Waals surface area contributed by atoms with Crippen molar-refractivity contribution in [1.82, 2.24) is 0 Å². The summed E-state index contributed by atoms with van der Waals surface area (Å²) in [5.74, 6) is -0.514. The summed E-state index contributed by atoms with van der Waals surface area (Å²) in [5, 5.41) is 0. The van der Waals surface area contributed by atoms with Crippen molar-refractivity contribution >= 4 is 5.57 Å². The predicted molar refractivity (Wildman–Crippen MR) is 115 cm³/mol. The molecule has 0 N–H and O–H groups in total. The SMILES string of the molecule is C=CCCC1CCC(COC2=CC=C(c3ccc(OCCC)c(F)c3F)CC2)CO1. The molecule has 30 heavy (non-hydrogen) atoms. The second-order valence-electron chi connectivity index (χ2n) is 7.99. The Kier molecular flexibility index (Phi) is 8.50. The summed E-state index contributed by atoms with van der Waals surface area (Å²) >= 11 is 0. The lowest BCUT2D eigenvalue weighted by molar-refractivity contribution is -0.0372. The molecule has 164 valence electrons. The molecular formula is C25H32F2O3. The summed E-state index contributed by atoms with van der Waals surface area (Å²) in [4.78, 5) is 0. The van der Waals surface area contributed by atoms with Crippen molar-refractivity contribution in [3.63, 3.8) is 0 Å². The van der Waals surface area contributed by atoms with Crippen molar-refractivity contribution in [3.05, 3.63) is 59.9 Å². The molecule has 0 amide bonds. The molecule has 1 aromatic carbocycles. The summed E-state index contributed by atoms with van der Waals surface area (Å²) < 4.78 is 45.9. The van der Waals surface area contributed by atoms with Crippen molar-refractivity contribution in [3.8, 4) is 5.75 Å². The first-order chi connectivity index (χ1) is 14.6. The minimum Gasteiger partial charge on any atom is -0.498 e. The van der Waals surface area contributed by atoms with Gasteiger partial charge in [0.2, 0.25) is 5.82 Å². The number of allylic oxidation sites excluding steroid dienone is 5. The molecule has 1 aliphatic heterocycles. The lowest BCUT2D eigenvalue weighted by atomic mass is 9.95. The van der Waals surface area contributed by atoms with Crippen molar-refractivity contribution < 1.29 is 23.0 Å². The number of halogens is 2. The van der Waals surface area contributed by atoms with Gasteiger partial charge in [0, 0.05) is 17.9 Å². The Hall–Kier alpha value is -2.14. The Morgan fingerprint density at radius 2 is 2.00 bits per heavy atom. The van der Waals surface area contributed by atoms with Gasteiger partial charge in [0.25, 0.3) is 0 Å². The molecule has 5 heteroatoms. The number of hydrogen-bond donors (Lipinski definition) is 0. The van der Waals surface area contributed by atoms with Crippen LogP contribution in [-0.4, -0.2) is 25.9 Å². The summed E-state index contributed by atoms with van der Waals surface area (Å²) in [6.07, 6.45) is 12.2. The Bertz CT molecular complexity index is 777. The van der Waals surface area contributed by atoms with Gasteiger partial charge in [-0.1, -0.05) is 19.1 Å². The number of rotatable bonds is 10. The van der Waals surface area contributed by atoms with Crippen LogP contribution < -0.4 is 4.74 Å². The maximum Gasteiger partial charge on any atom is 0.201 e. The van der Waals surface area contributed by atoms with Crippen LogP contribution >= 0.6 is 0 Å². The van der Waals surface area contributed by atoms with Crippen LogP contribution in [0.4, 0.5) is 8.78 Å². The molecule has 3 rings (SSSR count). The van der Waals surface area contributed by atoms with E-state index in [2.05, 4.69) is 6.58 Å². The van der Waals surface area contributed by atoms with Crippen LogP contribution in [-0.2, 0) is 9.47 Å². The van der Waals surface area contributed by atoms with E-state index < -0.39 is 11.6 Å². The average molecular weight is 419 g/mol. The molecular weight excluding hydrogens is 386 g/mol. The molecule has 2 atom stereocenters. The maximum absolute atomic E-state index is 14.5. The highest BCUT2D eigenvalue weighted by Crippen LogP contribution is 2.33. The third-order valence-corrected chi connectivity index (χ3v) is 5.63. The van der Waals surface area contributed by atoms with Gasteiger partial charge in [-0.3, -0.25) is 0 Å². The minimum atomic E-state index is -0.920. The zero-order chi connectivity index (χ0) is 21.3. The third kappa shape index (κ3) is 5.94. The van der Waals surface area contributed by atoms with Gasteiger partial charge < -0.3 is 14.2 Å². The normalized spacial score (nSPS) is 21.6. The topological polar surface area (TPSA) is 27.7 Å². The van der Waals surface area contributed by atoms with Gasteiger partial charge in [-0.05, 0) is 62.3 Å². The Balaban J connectivity index is 1.52. The van der Waals surface area contributed by atoms with Gasteiger partial charge in [-0.2, -0.15) is 4.39 Å². The largest absolute Gasteiger partial charge is 0.498 e. The zero-order valence-electron chi connectivity index (χ0n) is 17.8. The molecule has 1 saturated heterocycles. The van der Waals surface area contributed by atoms with Crippen LogP contribution in [0.1, 0.15) is 57.4 Å². The molecule has 1 heterocycles. The highest BCUT2D eigenvalue weighted by Gasteiger charge is 2.23. The molecule has 0 saturated carbocycles. The van der Waals surface area contributed by atoms with Crippen molar-refractivity contribution in [1.29, 1.82) is 0 Å². The lowest BCUT2D eigenvalue weighted by Gasteiger charge is -2.29. The van der Waals surface area contributed by atoms with Crippen molar-refractivity contribution in [2.45, 2.75) is 58.0 Å². The highest BCUT2D eigenvalue weighted by atomic mass is 19.2. The maximum atomic E-state index is 14.5. The van der Waals surface area contributed by atoms with Gasteiger partial charge in [0.15, 0.2) is 11.6 Å². The summed E-state index contributed by atoms with van der Waals surface area (Å²) in [6.45, 7) is 7.41. The summed E-state index contributed by atoms with van der Waals surface area (Å²) in [6, 6.07) is 3.10. The van der Waals surface area contributed by atoms with Gasteiger partial charge >= 0.3 is 0 Å². The first kappa shape index (κ1) is 22.5. The van der Waals surface area contributed by atoms with E-state index in [0.717, 1.165) is 50.0 Å². The van der Waals surface area contributed by atoms with E-state index in [1.807, 2.05) is 25.2 Å². The van der Waals surface area contributed by atoms with E-state index in [1.165, 1.54) is 6.07 Å². The van der Waals surface area contributed by atoms with Gasteiger partial charge in [0.05, 0.1) is 31.7 Å². The fourth-order valence-corrected chi connectivity index (χ4v) is 3.81. The first-order valence-corrected chi connectivity index (χ1v) is 11.0. The predicted octanol–water partition coefficient (Wildman–Crippen LogP) is 6.59. The van der Waals surface area contributed by atoms with E-state index in [1.54, 1.807) is 6.07 Å². The number of benzene rings is 1. The van der Waals surface area contributed by atoms with Crippen LogP contribution in [0.5, 0.6) is 5.75 Å². The fraction of sp³-hybridized carbons (Fsp3) is 0.520. The first-order valence-electron chi connectivity index (χ1n) is 11.0. The molecule has 1 aliphatic carbocycles. The molecule has 0 bridgehead atoms. The van der Waals surface area contributed by atoms with E-state index in [4.69, 9.17) is 14.2 Å². The molecule has 3 nitrogen and oxygen atoms in total. The Labute approximate surface area is 178 Å². The molecule has 1 aromatic rings. The molecule has 1 fully saturated rings. The second-order valence-corrected chi connectivity index (χ2v) is 7.99. The number of hydrogen-bond acceptors (Lipinski definition) is 3. The molecule has 0 radical (unpaired) electrons. The molecule has 2 unspecified atom stereocenters. The van der Waals surface area contributed by atoms with E-state index in [0.29, 0.717) is 38.1 Å². The Morgan fingerprint density at radius 3 is 2.67 bits per heavy atom. The standard InChI is InChI=1S/C25H32F2O3/c1-3-5-6-20-10-7-18(16-29-20)17-30-21-11-8-19(9-12-21)22-13-14-23(28-15-4-2)25(27)24(22)26/h3,8,11,13-14,18,20H,1,4-7,9-10,12,15-17H2,2H3. The van der Waals surface area contributed by atoms with Crippen LogP contribution in [0.25, 0.3) is 5.57 Å². The summed E-state index contributed by atoms with van der Waals surface area (Å²) in [7, 11) is 0. The van der Waals surface area contributed by atoms with Crippen molar-refractivity contribution in [2.75, 3.05) is 19.8 Å². The van der Waals surface area contributed by atoms with Crippen molar-refractivity contribution in [2.24, 2.45) is 5.92 Å². The van der Waals surface area contributed by atoms with E-state index in [-0.39, 0.29) is 11.3 Å². The molecule has 0 spiro atoms. The smallest absolute Gasteiger partial charge is 0.201 e. The minimum absolute atomic E-state index is 0.0319. The monoisotopic (exact) mass is 418 g/mol. The zero-order valence-corrected chi connectivity index (χ0v) is 17.8.